The van der Waals surface area contributed by atoms with E-state index >= 15 is 0 Å². The molecule has 6 nitrogen and oxygen atoms in total. The van der Waals surface area contributed by atoms with Crippen LogP contribution in [0.3, 0.4) is 0 Å². The maximum atomic E-state index is 12.1. The van der Waals surface area contributed by atoms with Gasteiger partial charge >= 0.3 is 0 Å². The fraction of sp³-hybridized carbons (Fsp3) is 0.429. The zero-order chi connectivity index (χ0) is 14.2. The van der Waals surface area contributed by atoms with E-state index in [0.717, 1.165) is 10.9 Å². The van der Waals surface area contributed by atoms with E-state index in [0.29, 0.717) is 18.7 Å². The van der Waals surface area contributed by atoms with Crippen molar-refractivity contribution in [2.24, 2.45) is 0 Å². The zero-order valence-electron chi connectivity index (χ0n) is 11.5. The number of nitrogens with zero attached hydrogens (tertiary/aromatic N) is 1. The van der Waals surface area contributed by atoms with Crippen molar-refractivity contribution in [1.29, 1.82) is 0 Å². The third-order valence-corrected chi connectivity index (χ3v) is 3.26. The molecule has 2 aromatic rings. The zero-order valence-corrected chi connectivity index (χ0v) is 11.5. The smallest absolute Gasteiger partial charge is 0.251 e. The summed E-state index contributed by atoms with van der Waals surface area (Å²) in [6.07, 6.45) is 1.62. The number of H-pyrrole nitrogens is 1. The number of hydrogen-bond acceptors (Lipinski definition) is 4. The molecule has 1 unspecified atom stereocenters. The topological polar surface area (TPSA) is 76.2 Å². The van der Waals surface area contributed by atoms with Crippen molar-refractivity contribution in [1.82, 2.24) is 15.5 Å². The normalized spacial score (nSPS) is 21.2. The van der Waals surface area contributed by atoms with Crippen molar-refractivity contribution < 1.29 is 14.3 Å². The van der Waals surface area contributed by atoms with Gasteiger partial charge in [-0.25, -0.2) is 0 Å². The monoisotopic (exact) mass is 275 g/mol. The largest absolute Gasteiger partial charge is 0.349 e. The van der Waals surface area contributed by atoms with Gasteiger partial charge < -0.3 is 14.8 Å². The van der Waals surface area contributed by atoms with Gasteiger partial charge in [-0.1, -0.05) is 6.07 Å². The SMILES string of the molecule is CC1(C)OCC(CNC(=O)c2ccc3cn[nH]c3c2)O1. The van der Waals surface area contributed by atoms with Crippen molar-refractivity contribution in [3.8, 4) is 0 Å². The lowest BCUT2D eigenvalue weighted by molar-refractivity contribution is -0.137. The number of hydrogen-bond donors (Lipinski definition) is 2. The molecule has 0 spiro atoms. The number of aromatic amines is 1. The predicted molar refractivity (Wildman–Crippen MR) is 73.3 cm³/mol. The van der Waals surface area contributed by atoms with Gasteiger partial charge in [0, 0.05) is 17.5 Å². The standard InChI is InChI=1S/C14H17N3O3/c1-14(2)19-8-11(20-14)7-15-13(18)9-3-4-10-6-16-17-12(10)5-9/h3-6,11H,7-8H2,1-2H3,(H,15,18)(H,16,17). The summed E-state index contributed by atoms with van der Waals surface area (Å²) in [5.41, 5.74) is 1.44. The summed E-state index contributed by atoms with van der Waals surface area (Å²) in [6.45, 7) is 4.65. The lowest BCUT2D eigenvalue weighted by Crippen LogP contribution is -2.34. The number of nitrogens with one attached hydrogen (secondary N) is 2. The van der Waals surface area contributed by atoms with Gasteiger partial charge in [-0.3, -0.25) is 9.89 Å². The van der Waals surface area contributed by atoms with Gasteiger partial charge in [-0.05, 0) is 26.0 Å². The number of amides is 1. The highest BCUT2D eigenvalue weighted by Gasteiger charge is 2.32. The van der Waals surface area contributed by atoms with Gasteiger partial charge in [0.05, 0.1) is 18.3 Å². The second-order valence-corrected chi connectivity index (χ2v) is 5.33. The van der Waals surface area contributed by atoms with Crippen molar-refractivity contribution in [3.05, 3.63) is 30.0 Å². The van der Waals surface area contributed by atoms with E-state index in [1.54, 1.807) is 18.3 Å². The first kappa shape index (κ1) is 13.1. The third-order valence-electron chi connectivity index (χ3n) is 3.26. The summed E-state index contributed by atoms with van der Waals surface area (Å²) < 4.78 is 11.1. The maximum absolute atomic E-state index is 12.1. The van der Waals surface area contributed by atoms with Crippen LogP contribution in [0.25, 0.3) is 10.9 Å². The number of carbonyl (C=O) groups is 1. The lowest BCUT2D eigenvalue weighted by atomic mass is 10.1. The fourth-order valence-corrected chi connectivity index (χ4v) is 2.25. The van der Waals surface area contributed by atoms with Crippen molar-refractivity contribution in [2.45, 2.75) is 25.7 Å². The van der Waals surface area contributed by atoms with Crippen LogP contribution in [0.1, 0.15) is 24.2 Å². The average Bonchev–Trinajstić information content (AvgIpc) is 3.01. The number of aromatic nitrogens is 2. The molecule has 20 heavy (non-hydrogen) atoms. The van der Waals surface area contributed by atoms with Crippen LogP contribution in [0.15, 0.2) is 24.4 Å². The number of benzene rings is 1. The first-order valence-electron chi connectivity index (χ1n) is 6.57. The molecular weight excluding hydrogens is 258 g/mol. The Bertz CT molecular complexity index is 635. The fourth-order valence-electron chi connectivity index (χ4n) is 2.25. The molecule has 0 radical (unpaired) electrons. The van der Waals surface area contributed by atoms with Crippen LogP contribution >= 0.6 is 0 Å². The van der Waals surface area contributed by atoms with E-state index in [1.165, 1.54) is 0 Å². The molecule has 1 aliphatic heterocycles. The average molecular weight is 275 g/mol. The molecule has 0 saturated carbocycles. The van der Waals surface area contributed by atoms with E-state index in [4.69, 9.17) is 9.47 Å². The molecule has 1 saturated heterocycles. The Hall–Kier alpha value is -1.92. The van der Waals surface area contributed by atoms with Crippen LogP contribution in [0.2, 0.25) is 0 Å². The van der Waals surface area contributed by atoms with Crippen LogP contribution in [0, 0.1) is 0 Å². The van der Waals surface area contributed by atoms with Crippen LogP contribution in [0.4, 0.5) is 0 Å². The molecule has 1 fully saturated rings. The molecule has 2 heterocycles. The molecule has 1 amide bonds. The minimum Gasteiger partial charge on any atom is -0.349 e. The van der Waals surface area contributed by atoms with E-state index < -0.39 is 5.79 Å². The number of ether oxygens (including phenoxy) is 2. The van der Waals surface area contributed by atoms with Crippen LogP contribution in [-0.4, -0.2) is 41.1 Å². The summed E-state index contributed by atoms with van der Waals surface area (Å²) in [6, 6.07) is 5.43. The summed E-state index contributed by atoms with van der Waals surface area (Å²) in [7, 11) is 0. The van der Waals surface area contributed by atoms with Crippen LogP contribution in [0.5, 0.6) is 0 Å². The Balaban J connectivity index is 1.61. The Morgan fingerprint density at radius 3 is 3.15 bits per heavy atom. The second kappa shape index (κ2) is 4.88. The highest BCUT2D eigenvalue weighted by molar-refractivity contribution is 5.97. The molecule has 2 N–H and O–H groups in total. The molecule has 1 aromatic heterocycles. The van der Waals surface area contributed by atoms with Gasteiger partial charge in [-0.15, -0.1) is 0 Å². The molecular formula is C14H17N3O3. The van der Waals surface area contributed by atoms with Crippen molar-refractivity contribution in [3.63, 3.8) is 0 Å². The van der Waals surface area contributed by atoms with Crippen LogP contribution in [-0.2, 0) is 9.47 Å². The van der Waals surface area contributed by atoms with Gasteiger partial charge in [0.2, 0.25) is 0 Å². The Morgan fingerprint density at radius 2 is 2.40 bits per heavy atom. The number of carbonyl (C=O) groups excluding carboxylic acids is 1. The van der Waals surface area contributed by atoms with Gasteiger partial charge in [0.25, 0.3) is 5.91 Å². The molecule has 1 aliphatic rings. The Kier molecular flexibility index (Phi) is 3.19. The highest BCUT2D eigenvalue weighted by atomic mass is 16.7. The van der Waals surface area contributed by atoms with Gasteiger partial charge in [-0.2, -0.15) is 5.10 Å². The minimum absolute atomic E-state index is 0.107. The minimum atomic E-state index is -0.565. The maximum Gasteiger partial charge on any atom is 0.251 e. The van der Waals surface area contributed by atoms with E-state index in [1.807, 2.05) is 19.9 Å². The summed E-state index contributed by atoms with van der Waals surface area (Å²) in [5.74, 6) is -0.695. The molecule has 106 valence electrons. The highest BCUT2D eigenvalue weighted by Crippen LogP contribution is 2.21. The third kappa shape index (κ3) is 2.66. The first-order chi connectivity index (χ1) is 9.53. The van der Waals surface area contributed by atoms with Crippen molar-refractivity contribution in [2.75, 3.05) is 13.2 Å². The quantitative estimate of drug-likeness (QED) is 0.888. The molecule has 1 aromatic carbocycles. The van der Waals surface area contributed by atoms with Crippen LogP contribution < -0.4 is 5.32 Å². The second-order valence-electron chi connectivity index (χ2n) is 5.33. The van der Waals surface area contributed by atoms with E-state index in [9.17, 15) is 4.79 Å². The van der Waals surface area contributed by atoms with Crippen molar-refractivity contribution >= 4 is 16.8 Å². The first-order valence-corrected chi connectivity index (χ1v) is 6.57. The van der Waals surface area contributed by atoms with E-state index in [-0.39, 0.29) is 12.0 Å². The lowest BCUT2D eigenvalue weighted by Gasteiger charge is -2.17. The molecule has 6 heteroatoms. The predicted octanol–water partition coefficient (Wildman–Crippen LogP) is 1.44. The summed E-state index contributed by atoms with van der Waals surface area (Å²) >= 11 is 0. The molecule has 0 bridgehead atoms. The van der Waals surface area contributed by atoms with Gasteiger partial charge in [0.1, 0.15) is 6.10 Å². The van der Waals surface area contributed by atoms with Gasteiger partial charge in [0.15, 0.2) is 5.79 Å². The Morgan fingerprint density at radius 1 is 1.55 bits per heavy atom. The number of fused-ring (bicyclic) bond motifs is 1. The summed E-state index contributed by atoms with van der Waals surface area (Å²) in [5, 5.41) is 10.6. The van der Waals surface area contributed by atoms with E-state index in [2.05, 4.69) is 15.5 Å². The Labute approximate surface area is 116 Å². The number of rotatable bonds is 3. The summed E-state index contributed by atoms with van der Waals surface area (Å²) in [4.78, 5) is 12.1. The molecule has 0 aliphatic carbocycles. The molecule has 1 atom stereocenters. The molecule has 3 rings (SSSR count).